The van der Waals surface area contributed by atoms with Crippen LogP contribution in [0.3, 0.4) is 0 Å². The van der Waals surface area contributed by atoms with Crippen LogP contribution in [0.2, 0.25) is 0 Å². The van der Waals surface area contributed by atoms with Gasteiger partial charge in [0.05, 0.1) is 6.20 Å². The van der Waals surface area contributed by atoms with Gasteiger partial charge in [-0.2, -0.15) is 4.98 Å². The van der Waals surface area contributed by atoms with Crippen LogP contribution in [0.5, 0.6) is 0 Å². The quantitative estimate of drug-likeness (QED) is 0.782. The van der Waals surface area contributed by atoms with Crippen LogP contribution in [-0.4, -0.2) is 15.1 Å². The van der Waals surface area contributed by atoms with E-state index in [1.165, 1.54) is 17.7 Å². The van der Waals surface area contributed by atoms with Crippen LogP contribution in [0.15, 0.2) is 47.1 Å². The molecule has 0 spiro atoms. The Morgan fingerprint density at radius 2 is 2.10 bits per heavy atom. The third-order valence-corrected chi connectivity index (χ3v) is 3.47. The number of rotatable bonds is 2. The van der Waals surface area contributed by atoms with Gasteiger partial charge in [0.1, 0.15) is 17.6 Å². The maximum absolute atomic E-state index is 12.9. The number of nitrogens with one attached hydrogen (secondary N) is 1. The smallest absolute Gasteiger partial charge is 0.249 e. The molecule has 0 aliphatic carbocycles. The summed E-state index contributed by atoms with van der Waals surface area (Å²) in [6, 6.07) is 10.9. The lowest BCUT2D eigenvalue weighted by Crippen LogP contribution is -2.05. The number of anilines is 1. The second-order valence-corrected chi connectivity index (χ2v) is 4.88. The number of benzene rings is 1. The highest BCUT2D eigenvalue weighted by Gasteiger charge is 2.26. The predicted octanol–water partition coefficient (Wildman–Crippen LogP) is 2.98. The highest BCUT2D eigenvalue weighted by Crippen LogP contribution is 2.33. The zero-order chi connectivity index (χ0) is 14.2. The van der Waals surface area contributed by atoms with Gasteiger partial charge >= 0.3 is 0 Å². The Morgan fingerprint density at radius 1 is 1.19 bits per heavy atom. The fraction of sp³-hybridized carbons (Fsp3) is 0.133. The molecular formula is C15H11FN4O. The summed E-state index contributed by atoms with van der Waals surface area (Å²) < 4.78 is 18.2. The average Bonchev–Trinajstić information content (AvgIpc) is 3.14. The first-order valence-corrected chi connectivity index (χ1v) is 6.59. The molecule has 5 nitrogen and oxygen atoms in total. The predicted molar refractivity (Wildman–Crippen MR) is 74.0 cm³/mol. The van der Waals surface area contributed by atoms with Crippen molar-refractivity contribution >= 4 is 5.69 Å². The van der Waals surface area contributed by atoms with E-state index in [2.05, 4.69) is 26.5 Å². The lowest BCUT2D eigenvalue weighted by molar-refractivity contribution is 0.364. The highest BCUT2D eigenvalue weighted by atomic mass is 19.1. The zero-order valence-electron chi connectivity index (χ0n) is 11.0. The molecule has 0 unspecified atom stereocenters. The minimum Gasteiger partial charge on any atom is -0.373 e. The van der Waals surface area contributed by atoms with E-state index in [0.717, 1.165) is 18.3 Å². The fourth-order valence-corrected chi connectivity index (χ4v) is 2.44. The van der Waals surface area contributed by atoms with Crippen LogP contribution in [0.1, 0.15) is 17.5 Å². The van der Waals surface area contributed by atoms with Crippen molar-refractivity contribution in [1.82, 2.24) is 15.1 Å². The van der Waals surface area contributed by atoms with E-state index in [9.17, 15) is 4.39 Å². The summed E-state index contributed by atoms with van der Waals surface area (Å²) in [5.41, 5.74) is 2.80. The average molecular weight is 282 g/mol. The van der Waals surface area contributed by atoms with Gasteiger partial charge in [-0.25, -0.2) is 9.37 Å². The van der Waals surface area contributed by atoms with E-state index < -0.39 is 5.82 Å². The SMILES string of the molecule is Fc1ccc(-c2noc([C@@H]3Cc4ccccc4N3)n2)nc1. The van der Waals surface area contributed by atoms with Gasteiger partial charge in [-0.05, 0) is 23.8 Å². The minimum absolute atomic E-state index is 0.0379. The number of hydrogen-bond acceptors (Lipinski definition) is 5. The molecule has 6 heteroatoms. The van der Waals surface area contributed by atoms with Crippen molar-refractivity contribution < 1.29 is 8.91 Å². The molecule has 0 fully saturated rings. The summed E-state index contributed by atoms with van der Waals surface area (Å²) in [5.74, 6) is 0.477. The maximum atomic E-state index is 12.9. The zero-order valence-corrected chi connectivity index (χ0v) is 11.0. The van der Waals surface area contributed by atoms with Crippen molar-refractivity contribution in [2.45, 2.75) is 12.5 Å². The van der Waals surface area contributed by atoms with Crippen LogP contribution < -0.4 is 5.32 Å². The summed E-state index contributed by atoms with van der Waals surface area (Å²) in [7, 11) is 0. The van der Waals surface area contributed by atoms with Gasteiger partial charge in [0.15, 0.2) is 0 Å². The first-order chi connectivity index (χ1) is 10.3. The highest BCUT2D eigenvalue weighted by molar-refractivity contribution is 5.57. The molecule has 0 bridgehead atoms. The van der Waals surface area contributed by atoms with Crippen LogP contribution in [-0.2, 0) is 6.42 Å². The standard InChI is InChI=1S/C15H11FN4O/c16-10-5-6-12(17-8-10)14-19-15(21-20-14)13-7-9-3-1-2-4-11(9)18-13/h1-6,8,13,18H,7H2/t13-/m0/s1. The Bertz CT molecular complexity index is 759. The van der Waals surface area contributed by atoms with E-state index in [1.807, 2.05) is 18.2 Å². The molecule has 3 aromatic rings. The number of nitrogens with zero attached hydrogens (tertiary/aromatic N) is 3. The molecule has 104 valence electrons. The molecule has 1 aromatic carbocycles. The molecule has 1 atom stereocenters. The first kappa shape index (κ1) is 12.0. The lowest BCUT2D eigenvalue weighted by Gasteiger charge is -2.04. The number of fused-ring (bicyclic) bond motifs is 1. The molecule has 3 heterocycles. The summed E-state index contributed by atoms with van der Waals surface area (Å²) in [6.07, 6.45) is 1.93. The van der Waals surface area contributed by atoms with E-state index in [4.69, 9.17) is 4.52 Å². The van der Waals surface area contributed by atoms with Gasteiger partial charge in [0, 0.05) is 12.1 Å². The second-order valence-electron chi connectivity index (χ2n) is 4.88. The van der Waals surface area contributed by atoms with Gasteiger partial charge in [0.2, 0.25) is 11.7 Å². The topological polar surface area (TPSA) is 63.8 Å². The third-order valence-electron chi connectivity index (χ3n) is 3.47. The van der Waals surface area contributed by atoms with Crippen molar-refractivity contribution in [2.24, 2.45) is 0 Å². The molecule has 1 N–H and O–H groups in total. The number of para-hydroxylation sites is 1. The molecule has 0 saturated heterocycles. The summed E-state index contributed by atoms with van der Waals surface area (Å²) in [6.45, 7) is 0. The molecule has 4 rings (SSSR count). The fourth-order valence-electron chi connectivity index (χ4n) is 2.44. The number of hydrogen-bond donors (Lipinski definition) is 1. The largest absolute Gasteiger partial charge is 0.373 e. The molecule has 21 heavy (non-hydrogen) atoms. The molecule has 2 aromatic heterocycles. The molecular weight excluding hydrogens is 271 g/mol. The van der Waals surface area contributed by atoms with Crippen molar-refractivity contribution in [1.29, 1.82) is 0 Å². The van der Waals surface area contributed by atoms with Crippen molar-refractivity contribution in [2.75, 3.05) is 5.32 Å². The van der Waals surface area contributed by atoms with Crippen molar-refractivity contribution in [3.63, 3.8) is 0 Å². The van der Waals surface area contributed by atoms with Crippen LogP contribution in [0.4, 0.5) is 10.1 Å². The lowest BCUT2D eigenvalue weighted by atomic mass is 10.1. The van der Waals surface area contributed by atoms with Crippen molar-refractivity contribution in [3.8, 4) is 11.5 Å². The van der Waals surface area contributed by atoms with Gasteiger partial charge in [-0.15, -0.1) is 0 Å². The van der Waals surface area contributed by atoms with E-state index in [1.54, 1.807) is 0 Å². The Kier molecular flexibility index (Phi) is 2.67. The Hall–Kier alpha value is -2.76. The number of aromatic nitrogens is 3. The molecule has 0 saturated carbocycles. The Labute approximate surface area is 119 Å². The van der Waals surface area contributed by atoms with Crippen LogP contribution in [0.25, 0.3) is 11.5 Å². The summed E-state index contributed by atoms with van der Waals surface area (Å²) in [4.78, 5) is 8.30. The Balaban J connectivity index is 1.60. The van der Waals surface area contributed by atoms with E-state index >= 15 is 0 Å². The van der Waals surface area contributed by atoms with E-state index in [-0.39, 0.29) is 6.04 Å². The van der Waals surface area contributed by atoms with Crippen molar-refractivity contribution in [3.05, 3.63) is 59.9 Å². The monoisotopic (exact) mass is 282 g/mol. The van der Waals surface area contributed by atoms with Gasteiger partial charge in [-0.3, -0.25) is 0 Å². The normalized spacial score (nSPS) is 16.5. The Morgan fingerprint density at radius 3 is 2.90 bits per heavy atom. The third kappa shape index (κ3) is 2.14. The molecule has 0 amide bonds. The number of halogens is 1. The first-order valence-electron chi connectivity index (χ1n) is 6.59. The van der Waals surface area contributed by atoms with Gasteiger partial charge in [-0.1, -0.05) is 23.4 Å². The van der Waals surface area contributed by atoms with E-state index in [0.29, 0.717) is 17.4 Å². The summed E-state index contributed by atoms with van der Waals surface area (Å²) in [5, 5.41) is 7.26. The molecule has 1 aliphatic heterocycles. The van der Waals surface area contributed by atoms with Crippen LogP contribution in [0, 0.1) is 5.82 Å². The van der Waals surface area contributed by atoms with Crippen LogP contribution >= 0.6 is 0 Å². The number of pyridine rings is 1. The van der Waals surface area contributed by atoms with Gasteiger partial charge < -0.3 is 9.84 Å². The maximum Gasteiger partial charge on any atom is 0.249 e. The molecule has 1 aliphatic rings. The van der Waals surface area contributed by atoms with Gasteiger partial charge in [0.25, 0.3) is 0 Å². The second kappa shape index (κ2) is 4.66. The molecule has 0 radical (unpaired) electrons. The minimum atomic E-state index is -0.393. The summed E-state index contributed by atoms with van der Waals surface area (Å²) >= 11 is 0.